The first-order valence-corrected chi connectivity index (χ1v) is 12.6. The van der Waals surface area contributed by atoms with E-state index in [0.29, 0.717) is 17.0 Å². The van der Waals surface area contributed by atoms with E-state index in [2.05, 4.69) is 69.5 Å². The molecule has 1 unspecified atom stereocenters. The summed E-state index contributed by atoms with van der Waals surface area (Å²) >= 11 is 6.14. The summed E-state index contributed by atoms with van der Waals surface area (Å²) in [6.45, 7) is 10.7. The summed E-state index contributed by atoms with van der Waals surface area (Å²) in [4.78, 5) is 14.0. The van der Waals surface area contributed by atoms with Crippen molar-refractivity contribution in [1.29, 1.82) is 0 Å². The maximum Gasteiger partial charge on any atom is 0.257 e. The van der Waals surface area contributed by atoms with E-state index in [1.807, 2.05) is 35.0 Å². The zero-order valence-corrected chi connectivity index (χ0v) is 21.5. The van der Waals surface area contributed by atoms with Gasteiger partial charge in [-0.05, 0) is 62.8 Å². The average Bonchev–Trinajstić information content (AvgIpc) is 3.23. The molecule has 0 fully saturated rings. The van der Waals surface area contributed by atoms with Gasteiger partial charge in [0.2, 0.25) is 0 Å². The smallest absolute Gasteiger partial charge is 0.257 e. The first-order chi connectivity index (χ1) is 16.2. The van der Waals surface area contributed by atoms with Crippen LogP contribution in [0.3, 0.4) is 0 Å². The Kier molecular flexibility index (Phi) is 6.77. The van der Waals surface area contributed by atoms with E-state index in [0.717, 1.165) is 36.3 Å². The molecule has 1 amide bonds. The molecule has 0 saturated carbocycles. The molecule has 6 heteroatoms. The summed E-state index contributed by atoms with van der Waals surface area (Å²) in [6, 6.07) is 18.3. The monoisotopic (exact) mass is 478 g/mol. The van der Waals surface area contributed by atoms with Crippen LogP contribution in [-0.2, 0) is 17.5 Å². The number of nitrogens with one attached hydrogen (secondary N) is 2. The predicted octanol–water partition coefficient (Wildman–Crippen LogP) is 6.84. The van der Waals surface area contributed by atoms with Crippen molar-refractivity contribution < 1.29 is 4.79 Å². The highest BCUT2D eigenvalue weighted by molar-refractivity contribution is 6.30. The largest absolute Gasteiger partial charge is 0.363 e. The number of hydrogen-bond acceptors (Lipinski definition) is 3. The fraction of sp³-hybridized carbons (Fsp3) is 0.429. The van der Waals surface area contributed by atoms with Gasteiger partial charge in [0, 0.05) is 5.02 Å². The molecule has 3 aromatic rings. The van der Waals surface area contributed by atoms with Gasteiger partial charge in [-0.3, -0.25) is 4.79 Å². The van der Waals surface area contributed by atoms with E-state index in [-0.39, 0.29) is 17.5 Å². The molecular weight excluding hydrogens is 444 g/mol. The lowest BCUT2D eigenvalue weighted by Gasteiger charge is -2.38. The number of benzene rings is 2. The van der Waals surface area contributed by atoms with Gasteiger partial charge >= 0.3 is 0 Å². The van der Waals surface area contributed by atoms with Gasteiger partial charge in [-0.1, -0.05) is 74.8 Å². The van der Waals surface area contributed by atoms with E-state index >= 15 is 0 Å². The van der Waals surface area contributed by atoms with Crippen molar-refractivity contribution in [2.24, 2.45) is 0 Å². The SMILES string of the molecule is CCc1nn2c(c1C(=O)NC(CC)(CC)c1ccc(Cl)cc1)NC(c1ccccc1)CC2(C)C. The Morgan fingerprint density at radius 2 is 1.76 bits per heavy atom. The minimum atomic E-state index is -0.482. The molecule has 2 aromatic carbocycles. The molecule has 1 atom stereocenters. The van der Waals surface area contributed by atoms with Gasteiger partial charge in [0.05, 0.1) is 22.8 Å². The van der Waals surface area contributed by atoms with Crippen LogP contribution >= 0.6 is 11.6 Å². The second-order valence-electron chi connectivity index (χ2n) is 9.81. The van der Waals surface area contributed by atoms with Crippen LogP contribution in [0.4, 0.5) is 5.82 Å². The Labute approximate surface area is 207 Å². The first-order valence-electron chi connectivity index (χ1n) is 12.3. The van der Waals surface area contributed by atoms with E-state index in [9.17, 15) is 4.79 Å². The second kappa shape index (κ2) is 9.46. The van der Waals surface area contributed by atoms with Gasteiger partial charge in [-0.25, -0.2) is 4.68 Å². The zero-order valence-electron chi connectivity index (χ0n) is 20.8. The predicted molar refractivity (Wildman–Crippen MR) is 140 cm³/mol. The molecule has 4 rings (SSSR count). The number of aromatic nitrogens is 2. The van der Waals surface area contributed by atoms with Crippen molar-refractivity contribution in [3.05, 3.63) is 82.0 Å². The van der Waals surface area contributed by atoms with Gasteiger partial charge in [0.25, 0.3) is 5.91 Å². The maximum atomic E-state index is 14.0. The number of carbonyl (C=O) groups is 1. The van der Waals surface area contributed by atoms with Gasteiger partial charge in [-0.2, -0.15) is 5.10 Å². The van der Waals surface area contributed by atoms with Crippen LogP contribution in [0.2, 0.25) is 5.02 Å². The second-order valence-corrected chi connectivity index (χ2v) is 10.2. The molecule has 1 aromatic heterocycles. The van der Waals surface area contributed by atoms with Crippen molar-refractivity contribution in [2.45, 2.75) is 77.4 Å². The lowest BCUT2D eigenvalue weighted by molar-refractivity contribution is 0.0889. The molecule has 5 nitrogen and oxygen atoms in total. The molecule has 1 aliphatic heterocycles. The standard InChI is InChI=1S/C28H35ClN4O/c1-6-22-24(26(34)31-28(7-2,8-3)20-14-16-21(29)17-15-20)25-30-23(19-12-10-9-11-13-19)18-27(4,5)33(25)32-22/h9-17,23,30H,6-8,18H2,1-5H3,(H,31,34). The van der Waals surface area contributed by atoms with Gasteiger partial charge in [0.15, 0.2) is 0 Å². The van der Waals surface area contributed by atoms with Crippen LogP contribution in [-0.4, -0.2) is 15.7 Å². The number of hydrogen-bond donors (Lipinski definition) is 2. The summed E-state index contributed by atoms with van der Waals surface area (Å²) in [5.74, 6) is 0.713. The highest BCUT2D eigenvalue weighted by Gasteiger charge is 2.40. The zero-order chi connectivity index (χ0) is 24.5. The Morgan fingerprint density at radius 3 is 2.35 bits per heavy atom. The van der Waals surface area contributed by atoms with Crippen molar-refractivity contribution in [2.75, 3.05) is 5.32 Å². The molecule has 0 spiro atoms. The third-order valence-corrected chi connectivity index (χ3v) is 7.52. The number of rotatable bonds is 7. The number of fused-ring (bicyclic) bond motifs is 1. The number of amides is 1. The first kappa shape index (κ1) is 24.3. The molecule has 2 heterocycles. The molecule has 2 N–H and O–H groups in total. The van der Waals surface area contributed by atoms with Crippen LogP contribution < -0.4 is 10.6 Å². The number of aryl methyl sites for hydroxylation is 1. The van der Waals surface area contributed by atoms with E-state index in [1.54, 1.807) is 0 Å². The summed E-state index contributed by atoms with van der Waals surface area (Å²) in [7, 11) is 0. The number of halogens is 1. The Balaban J connectivity index is 1.75. The van der Waals surface area contributed by atoms with Gasteiger partial charge in [-0.15, -0.1) is 0 Å². The van der Waals surface area contributed by atoms with E-state index in [1.165, 1.54) is 5.56 Å². The van der Waals surface area contributed by atoms with E-state index < -0.39 is 5.54 Å². The van der Waals surface area contributed by atoms with Crippen molar-refractivity contribution in [3.63, 3.8) is 0 Å². The number of anilines is 1. The molecule has 0 radical (unpaired) electrons. The Hall–Kier alpha value is -2.79. The topological polar surface area (TPSA) is 59.0 Å². The molecule has 180 valence electrons. The Morgan fingerprint density at radius 1 is 1.12 bits per heavy atom. The fourth-order valence-electron chi connectivity index (χ4n) is 5.17. The fourth-order valence-corrected chi connectivity index (χ4v) is 5.29. The van der Waals surface area contributed by atoms with Crippen LogP contribution in [0.15, 0.2) is 54.6 Å². The van der Waals surface area contributed by atoms with Crippen LogP contribution in [0.1, 0.15) is 87.1 Å². The normalized spacial score (nSPS) is 17.1. The van der Waals surface area contributed by atoms with Crippen molar-refractivity contribution in [1.82, 2.24) is 15.1 Å². The van der Waals surface area contributed by atoms with Crippen molar-refractivity contribution in [3.8, 4) is 0 Å². The van der Waals surface area contributed by atoms with Gasteiger partial charge in [0.1, 0.15) is 11.4 Å². The third-order valence-electron chi connectivity index (χ3n) is 7.27. The molecule has 1 aliphatic rings. The molecule has 0 bridgehead atoms. The minimum Gasteiger partial charge on any atom is -0.363 e. The molecule has 0 saturated heterocycles. The van der Waals surface area contributed by atoms with E-state index in [4.69, 9.17) is 16.7 Å². The number of carbonyl (C=O) groups excluding carboxylic acids is 1. The summed E-state index contributed by atoms with van der Waals surface area (Å²) < 4.78 is 2.02. The summed E-state index contributed by atoms with van der Waals surface area (Å²) in [6.07, 6.45) is 3.11. The third kappa shape index (κ3) is 4.34. The average molecular weight is 479 g/mol. The van der Waals surface area contributed by atoms with Crippen molar-refractivity contribution >= 4 is 23.3 Å². The summed E-state index contributed by atoms with van der Waals surface area (Å²) in [5.41, 5.74) is 3.03. The van der Waals surface area contributed by atoms with Crippen LogP contribution in [0.25, 0.3) is 0 Å². The Bertz CT molecular complexity index is 1150. The molecular formula is C28H35ClN4O. The number of nitrogens with zero attached hydrogens (tertiary/aromatic N) is 2. The quantitative estimate of drug-likeness (QED) is 0.391. The highest BCUT2D eigenvalue weighted by Crippen LogP contribution is 2.41. The molecule has 34 heavy (non-hydrogen) atoms. The summed E-state index contributed by atoms with van der Waals surface area (Å²) in [5, 5.41) is 12.7. The molecule has 0 aliphatic carbocycles. The minimum absolute atomic E-state index is 0.0891. The van der Waals surface area contributed by atoms with Crippen LogP contribution in [0.5, 0.6) is 0 Å². The lowest BCUT2D eigenvalue weighted by Crippen LogP contribution is -2.45. The highest BCUT2D eigenvalue weighted by atomic mass is 35.5. The lowest BCUT2D eigenvalue weighted by atomic mass is 9.84. The van der Waals surface area contributed by atoms with Crippen LogP contribution in [0, 0.1) is 0 Å². The maximum absolute atomic E-state index is 14.0. The van der Waals surface area contributed by atoms with Gasteiger partial charge < -0.3 is 10.6 Å².